The second kappa shape index (κ2) is 9.18. The molecule has 1 N–H and O–H groups in total. The van der Waals surface area contributed by atoms with Crippen LogP contribution in [0.3, 0.4) is 0 Å². The molecule has 2 aromatic rings. The minimum absolute atomic E-state index is 0.00361. The maximum Gasteiger partial charge on any atom is 0.223 e. The number of amides is 1. The second-order valence-electron chi connectivity index (χ2n) is 8.56. The van der Waals surface area contributed by atoms with Gasteiger partial charge in [0.2, 0.25) is 5.91 Å². The van der Waals surface area contributed by atoms with Crippen molar-refractivity contribution >= 4 is 28.3 Å². The monoisotopic (exact) mass is 421 g/mol. The van der Waals surface area contributed by atoms with Crippen LogP contribution in [0.1, 0.15) is 60.8 Å². The second-order valence-corrected chi connectivity index (χ2v) is 8.97. The number of fused-ring (bicyclic) bond motifs is 1. The molecule has 0 unspecified atom stereocenters. The summed E-state index contributed by atoms with van der Waals surface area (Å²) >= 11 is 6.24. The van der Waals surface area contributed by atoms with Crippen LogP contribution in [-0.4, -0.2) is 17.7 Å². The molecule has 30 heavy (non-hydrogen) atoms. The summed E-state index contributed by atoms with van der Waals surface area (Å²) < 4.78 is 0. The molecule has 0 radical (unpaired) electrons. The first kappa shape index (κ1) is 20.9. The van der Waals surface area contributed by atoms with Gasteiger partial charge in [-0.25, -0.2) is 0 Å². The first-order chi connectivity index (χ1) is 14.5. The van der Waals surface area contributed by atoms with Crippen LogP contribution in [0.25, 0.3) is 5.03 Å². The van der Waals surface area contributed by atoms with Gasteiger partial charge in [0.25, 0.3) is 0 Å². The summed E-state index contributed by atoms with van der Waals surface area (Å²) in [6.45, 7) is 1.80. The van der Waals surface area contributed by atoms with Gasteiger partial charge in [-0.2, -0.15) is 0 Å². The van der Waals surface area contributed by atoms with Crippen LogP contribution >= 0.6 is 11.6 Å². The number of aryl methyl sites for hydroxylation is 1. The highest BCUT2D eigenvalue weighted by Crippen LogP contribution is 2.38. The molecule has 1 saturated carbocycles. The van der Waals surface area contributed by atoms with E-state index in [9.17, 15) is 9.59 Å². The van der Waals surface area contributed by atoms with Crippen LogP contribution in [-0.2, 0) is 22.4 Å². The van der Waals surface area contributed by atoms with Gasteiger partial charge in [0.05, 0.1) is 6.04 Å². The molecule has 4 heteroatoms. The number of carbonyl (C=O) groups is 2. The first-order valence-electron chi connectivity index (χ1n) is 10.9. The molecule has 0 aliphatic heterocycles. The fourth-order valence-electron chi connectivity index (χ4n) is 4.63. The van der Waals surface area contributed by atoms with Crippen molar-refractivity contribution in [2.24, 2.45) is 5.92 Å². The zero-order chi connectivity index (χ0) is 21.1. The Morgan fingerprint density at radius 1 is 1.13 bits per heavy atom. The average molecular weight is 422 g/mol. The van der Waals surface area contributed by atoms with Crippen molar-refractivity contribution in [1.29, 1.82) is 0 Å². The highest BCUT2D eigenvalue weighted by Gasteiger charge is 2.31. The number of ketones is 1. The van der Waals surface area contributed by atoms with E-state index in [0.717, 1.165) is 41.8 Å². The maximum atomic E-state index is 12.7. The summed E-state index contributed by atoms with van der Waals surface area (Å²) in [6.07, 6.45) is 6.75. The summed E-state index contributed by atoms with van der Waals surface area (Å²) in [7, 11) is 0. The van der Waals surface area contributed by atoms with Crippen molar-refractivity contribution in [3.05, 3.63) is 76.9 Å². The Bertz CT molecular complexity index is 966. The van der Waals surface area contributed by atoms with Gasteiger partial charge < -0.3 is 5.32 Å². The van der Waals surface area contributed by atoms with Crippen LogP contribution in [0.4, 0.5) is 0 Å². The van der Waals surface area contributed by atoms with Gasteiger partial charge in [0, 0.05) is 17.4 Å². The highest BCUT2D eigenvalue weighted by atomic mass is 35.5. The Morgan fingerprint density at radius 2 is 1.93 bits per heavy atom. The summed E-state index contributed by atoms with van der Waals surface area (Å²) in [5.41, 5.74) is 4.73. The van der Waals surface area contributed by atoms with Crippen molar-refractivity contribution in [3.63, 3.8) is 0 Å². The van der Waals surface area contributed by atoms with Crippen LogP contribution in [0.5, 0.6) is 0 Å². The van der Waals surface area contributed by atoms with E-state index < -0.39 is 6.04 Å². The number of hydrogen-bond acceptors (Lipinski definition) is 2. The van der Waals surface area contributed by atoms with Crippen molar-refractivity contribution in [1.82, 2.24) is 5.32 Å². The minimum atomic E-state index is -0.453. The lowest BCUT2D eigenvalue weighted by Crippen LogP contribution is -2.41. The molecular weight excluding hydrogens is 394 g/mol. The molecular formula is C26H28ClNO2. The van der Waals surface area contributed by atoms with Gasteiger partial charge in [-0.1, -0.05) is 60.1 Å². The Morgan fingerprint density at radius 3 is 2.73 bits per heavy atom. The predicted molar refractivity (Wildman–Crippen MR) is 121 cm³/mol. The number of Topliss-reactive ketones (excluding diaryl/α,β-unsaturated/α-hetero) is 1. The largest absolute Gasteiger partial charge is 0.346 e. The minimum Gasteiger partial charge on any atom is -0.346 e. The molecule has 0 spiro atoms. The molecule has 3 atom stereocenters. The van der Waals surface area contributed by atoms with Gasteiger partial charge in [-0.05, 0) is 73.3 Å². The van der Waals surface area contributed by atoms with E-state index in [4.69, 9.17) is 11.6 Å². The summed E-state index contributed by atoms with van der Waals surface area (Å²) in [5, 5.41) is 3.76. The van der Waals surface area contributed by atoms with Crippen LogP contribution in [0.2, 0.25) is 0 Å². The lowest BCUT2D eigenvalue weighted by atomic mass is 9.96. The summed E-state index contributed by atoms with van der Waals surface area (Å²) in [5.74, 6) is 0.525. The van der Waals surface area contributed by atoms with Gasteiger partial charge in [-0.3, -0.25) is 9.59 Å². The van der Waals surface area contributed by atoms with E-state index >= 15 is 0 Å². The molecule has 0 heterocycles. The van der Waals surface area contributed by atoms with E-state index in [0.29, 0.717) is 18.8 Å². The quantitative estimate of drug-likeness (QED) is 0.649. The number of rotatable bonds is 7. The van der Waals surface area contributed by atoms with Gasteiger partial charge in [0.1, 0.15) is 0 Å². The number of benzene rings is 2. The third-order valence-electron chi connectivity index (χ3n) is 6.51. The fraction of sp³-hybridized carbons (Fsp3) is 0.385. The predicted octanol–water partition coefficient (Wildman–Crippen LogP) is 5.41. The smallest absolute Gasteiger partial charge is 0.223 e. The molecule has 0 aromatic heterocycles. The maximum absolute atomic E-state index is 12.7. The molecule has 3 nitrogen and oxygen atoms in total. The Labute approximate surface area is 183 Å². The van der Waals surface area contributed by atoms with Gasteiger partial charge in [-0.15, -0.1) is 0 Å². The molecule has 0 bridgehead atoms. The van der Waals surface area contributed by atoms with Crippen molar-refractivity contribution < 1.29 is 9.59 Å². The summed E-state index contributed by atoms with van der Waals surface area (Å²) in [6, 6.07) is 16.2. The van der Waals surface area contributed by atoms with Gasteiger partial charge in [0.15, 0.2) is 5.78 Å². The first-order valence-corrected chi connectivity index (χ1v) is 11.2. The van der Waals surface area contributed by atoms with E-state index in [2.05, 4.69) is 47.8 Å². The van der Waals surface area contributed by atoms with Gasteiger partial charge >= 0.3 is 0 Å². The molecule has 1 amide bonds. The molecule has 0 saturated heterocycles. The fourth-order valence-corrected chi connectivity index (χ4v) is 4.89. The Hall–Kier alpha value is -2.39. The molecule has 1 fully saturated rings. The third-order valence-corrected chi connectivity index (χ3v) is 6.87. The van der Waals surface area contributed by atoms with Crippen LogP contribution in [0.15, 0.2) is 54.6 Å². The van der Waals surface area contributed by atoms with E-state index in [1.165, 1.54) is 11.1 Å². The van der Waals surface area contributed by atoms with Crippen molar-refractivity contribution in [3.8, 4) is 0 Å². The van der Waals surface area contributed by atoms with Crippen molar-refractivity contribution in [2.45, 2.75) is 57.4 Å². The molecule has 156 valence electrons. The molecule has 4 rings (SSSR count). The SMILES string of the molecule is C[C@H](NC(=O)[C@@H]1CC[C@@H](c2ccccc2)C1)C(=O)CCc1ccc2c(c1)C(Cl)=CC2. The van der Waals surface area contributed by atoms with E-state index in [-0.39, 0.29) is 17.6 Å². The molecule has 2 aliphatic rings. The van der Waals surface area contributed by atoms with Crippen LogP contribution < -0.4 is 5.32 Å². The topological polar surface area (TPSA) is 46.2 Å². The zero-order valence-electron chi connectivity index (χ0n) is 17.4. The molecule has 2 aromatic carbocycles. The zero-order valence-corrected chi connectivity index (χ0v) is 18.1. The number of allylic oxidation sites excluding steroid dienone is 1. The average Bonchev–Trinajstić information content (AvgIpc) is 3.40. The normalized spacial score (nSPS) is 21.1. The van der Waals surface area contributed by atoms with E-state index in [1.807, 2.05) is 12.1 Å². The van der Waals surface area contributed by atoms with Crippen molar-refractivity contribution in [2.75, 3.05) is 0 Å². The van der Waals surface area contributed by atoms with E-state index in [1.54, 1.807) is 6.92 Å². The Balaban J connectivity index is 1.26. The summed E-state index contributed by atoms with van der Waals surface area (Å²) in [4.78, 5) is 25.3. The molecule has 2 aliphatic carbocycles. The third kappa shape index (κ3) is 4.67. The number of nitrogens with one attached hydrogen (secondary N) is 1. The highest BCUT2D eigenvalue weighted by molar-refractivity contribution is 6.49. The van der Waals surface area contributed by atoms with Crippen LogP contribution in [0, 0.1) is 5.92 Å². The number of hydrogen-bond donors (Lipinski definition) is 1. The standard InChI is InChI=1S/C26H28ClNO2/c1-17(25(29)14-8-18-7-9-20-12-13-24(27)23(20)15-18)28-26(30)22-11-10-21(16-22)19-5-3-2-4-6-19/h2-7,9,13,15,17,21-22H,8,10-12,14,16H2,1H3,(H,28,30)/t17-,21+,22+/m0/s1. The lowest BCUT2D eigenvalue weighted by molar-refractivity contribution is -0.129. The number of halogens is 1. The lowest BCUT2D eigenvalue weighted by Gasteiger charge is -2.17. The number of carbonyl (C=O) groups excluding carboxylic acids is 2. The Kier molecular flexibility index (Phi) is 6.38.